The van der Waals surface area contributed by atoms with Gasteiger partial charge in [0.15, 0.2) is 0 Å². The summed E-state index contributed by atoms with van der Waals surface area (Å²) in [6.45, 7) is 0.579. The second-order valence-electron chi connectivity index (χ2n) is 4.48. The fourth-order valence-corrected chi connectivity index (χ4v) is 5.29. The van der Waals surface area contributed by atoms with Gasteiger partial charge in [-0.15, -0.1) is 0 Å². The lowest BCUT2D eigenvalue weighted by Crippen LogP contribution is -2.50. The molecule has 21 heavy (non-hydrogen) atoms. The van der Waals surface area contributed by atoms with Crippen molar-refractivity contribution < 1.29 is 16.8 Å². The molecule has 0 unspecified atom stereocenters. The molecule has 0 atom stereocenters. The van der Waals surface area contributed by atoms with Crippen LogP contribution in [0.5, 0.6) is 0 Å². The molecule has 2 rings (SSSR count). The monoisotopic (exact) mass is 416 g/mol. The third kappa shape index (κ3) is 3.77. The average molecular weight is 418 g/mol. The minimum absolute atomic E-state index is 0.136. The van der Waals surface area contributed by atoms with Crippen LogP contribution in [0.3, 0.4) is 0 Å². The van der Waals surface area contributed by atoms with E-state index in [1.165, 1.54) is 32.9 Å². The van der Waals surface area contributed by atoms with E-state index in [9.17, 15) is 16.8 Å². The molecule has 0 amide bonds. The van der Waals surface area contributed by atoms with Crippen LogP contribution in [0.2, 0.25) is 5.02 Å². The van der Waals surface area contributed by atoms with Gasteiger partial charge in [0.25, 0.3) is 0 Å². The number of piperazine rings is 1. The second-order valence-corrected chi connectivity index (χ2v) is 10.1. The highest BCUT2D eigenvalue weighted by Gasteiger charge is 2.32. The number of hydrogen-bond acceptors (Lipinski definition) is 4. The van der Waals surface area contributed by atoms with Gasteiger partial charge in [0.2, 0.25) is 20.0 Å². The van der Waals surface area contributed by atoms with E-state index in [4.69, 9.17) is 11.6 Å². The van der Waals surface area contributed by atoms with Crippen molar-refractivity contribution in [3.63, 3.8) is 0 Å². The van der Waals surface area contributed by atoms with Gasteiger partial charge in [0.1, 0.15) is 4.66 Å². The van der Waals surface area contributed by atoms with Crippen molar-refractivity contribution in [3.05, 3.63) is 29.3 Å². The van der Waals surface area contributed by atoms with Crippen LogP contribution in [-0.2, 0) is 20.0 Å². The van der Waals surface area contributed by atoms with E-state index in [0.29, 0.717) is 5.02 Å². The Hall–Kier alpha value is -0.190. The fraction of sp³-hybridized carbons (Fsp3) is 0.455. The number of sulfonamides is 2. The summed E-state index contributed by atoms with van der Waals surface area (Å²) in [7, 11) is -6.96. The molecule has 1 aliphatic rings. The molecule has 1 aromatic carbocycles. The van der Waals surface area contributed by atoms with Crippen LogP contribution in [0.15, 0.2) is 29.2 Å². The first-order valence-corrected chi connectivity index (χ1v) is 10.6. The molecular weight excluding hydrogens is 404 g/mol. The molecule has 0 aliphatic carbocycles. The SMILES string of the molecule is O=S(=O)(CBr)N1CCN(S(=O)(=O)c2ccc(Cl)cc2)CC1. The van der Waals surface area contributed by atoms with Crippen LogP contribution >= 0.6 is 27.5 Å². The van der Waals surface area contributed by atoms with Crippen molar-refractivity contribution in [2.45, 2.75) is 4.90 Å². The molecule has 0 spiro atoms. The molecule has 6 nitrogen and oxygen atoms in total. The van der Waals surface area contributed by atoms with Crippen LogP contribution < -0.4 is 0 Å². The Balaban J connectivity index is 2.13. The van der Waals surface area contributed by atoms with Crippen LogP contribution in [0.25, 0.3) is 0 Å². The molecule has 1 aromatic rings. The molecule has 0 saturated carbocycles. The van der Waals surface area contributed by atoms with E-state index < -0.39 is 20.0 Å². The molecule has 1 aliphatic heterocycles. The van der Waals surface area contributed by atoms with E-state index in [0.717, 1.165) is 0 Å². The standard InChI is InChI=1S/C11H14BrClN2O4S2/c12-9-20(16,17)14-5-7-15(8-6-14)21(18,19)11-3-1-10(13)2-4-11/h1-4H,5-9H2. The molecule has 0 bridgehead atoms. The van der Waals surface area contributed by atoms with Crippen LogP contribution in [-0.4, -0.2) is 56.3 Å². The van der Waals surface area contributed by atoms with Crippen molar-refractivity contribution in [1.82, 2.24) is 8.61 Å². The Morgan fingerprint density at radius 1 is 0.952 bits per heavy atom. The number of benzene rings is 1. The highest BCUT2D eigenvalue weighted by Crippen LogP contribution is 2.20. The normalized spacial score (nSPS) is 18.8. The van der Waals surface area contributed by atoms with Crippen molar-refractivity contribution in [3.8, 4) is 0 Å². The zero-order valence-corrected chi connectivity index (χ0v) is 14.9. The van der Waals surface area contributed by atoms with Crippen molar-refractivity contribution in [2.24, 2.45) is 0 Å². The Bertz CT molecular complexity index is 698. The first-order chi connectivity index (χ1) is 9.77. The lowest BCUT2D eigenvalue weighted by Gasteiger charge is -2.32. The van der Waals surface area contributed by atoms with Gasteiger partial charge < -0.3 is 0 Å². The Morgan fingerprint density at radius 2 is 1.43 bits per heavy atom. The first kappa shape index (κ1) is 17.2. The zero-order valence-electron chi connectivity index (χ0n) is 10.9. The topological polar surface area (TPSA) is 74.8 Å². The third-order valence-electron chi connectivity index (χ3n) is 3.18. The zero-order chi connectivity index (χ0) is 15.7. The maximum absolute atomic E-state index is 12.4. The lowest BCUT2D eigenvalue weighted by atomic mass is 10.4. The van der Waals surface area contributed by atoms with Crippen LogP contribution in [0.1, 0.15) is 0 Å². The maximum Gasteiger partial charge on any atom is 0.243 e. The van der Waals surface area contributed by atoms with Crippen molar-refractivity contribution in [1.29, 1.82) is 0 Å². The van der Waals surface area contributed by atoms with E-state index in [2.05, 4.69) is 15.9 Å². The summed E-state index contributed by atoms with van der Waals surface area (Å²) in [5.74, 6) is 0. The number of halogens is 2. The Labute approximate surface area is 137 Å². The summed E-state index contributed by atoms with van der Waals surface area (Å²) in [5.41, 5.74) is 0. The van der Waals surface area contributed by atoms with E-state index >= 15 is 0 Å². The molecule has 1 saturated heterocycles. The van der Waals surface area contributed by atoms with Gasteiger partial charge in [-0.3, -0.25) is 0 Å². The van der Waals surface area contributed by atoms with Gasteiger partial charge in [-0.1, -0.05) is 27.5 Å². The van der Waals surface area contributed by atoms with Gasteiger partial charge in [0.05, 0.1) is 4.90 Å². The number of hydrogen-bond donors (Lipinski definition) is 0. The van der Waals surface area contributed by atoms with Gasteiger partial charge >= 0.3 is 0 Å². The van der Waals surface area contributed by atoms with Gasteiger partial charge in [-0.05, 0) is 24.3 Å². The first-order valence-electron chi connectivity index (χ1n) is 6.07. The molecule has 0 radical (unpaired) electrons. The van der Waals surface area contributed by atoms with Crippen LogP contribution in [0.4, 0.5) is 0 Å². The summed E-state index contributed by atoms with van der Waals surface area (Å²) in [6, 6.07) is 5.92. The molecular formula is C11H14BrClN2O4S2. The number of alkyl halides is 1. The summed E-state index contributed by atoms with van der Waals surface area (Å²) < 4.78 is 50.7. The van der Waals surface area contributed by atoms with Crippen molar-refractivity contribution in [2.75, 3.05) is 30.8 Å². The largest absolute Gasteiger partial charge is 0.243 e. The summed E-state index contributed by atoms with van der Waals surface area (Å²) in [4.78, 5) is 0.156. The Morgan fingerprint density at radius 3 is 1.90 bits per heavy atom. The van der Waals surface area contributed by atoms with Gasteiger partial charge in [-0.25, -0.2) is 16.8 Å². The number of nitrogens with zero attached hydrogens (tertiary/aromatic N) is 2. The highest BCUT2D eigenvalue weighted by atomic mass is 79.9. The molecule has 0 N–H and O–H groups in total. The molecule has 0 aromatic heterocycles. The van der Waals surface area contributed by atoms with E-state index in [1.54, 1.807) is 0 Å². The highest BCUT2D eigenvalue weighted by molar-refractivity contribution is 9.10. The lowest BCUT2D eigenvalue weighted by molar-refractivity contribution is 0.274. The van der Waals surface area contributed by atoms with Crippen molar-refractivity contribution >= 4 is 47.6 Å². The van der Waals surface area contributed by atoms with Gasteiger partial charge in [-0.2, -0.15) is 8.61 Å². The summed E-state index contributed by atoms with van der Waals surface area (Å²) >= 11 is 8.68. The molecule has 10 heteroatoms. The quantitative estimate of drug-likeness (QED) is 0.693. The smallest absolute Gasteiger partial charge is 0.211 e. The maximum atomic E-state index is 12.4. The van der Waals surface area contributed by atoms with Crippen LogP contribution in [0, 0.1) is 0 Å². The fourth-order valence-electron chi connectivity index (χ4n) is 2.01. The molecule has 1 fully saturated rings. The predicted molar refractivity (Wildman–Crippen MR) is 84.5 cm³/mol. The number of rotatable bonds is 4. The predicted octanol–water partition coefficient (Wildman–Crippen LogP) is 1.33. The average Bonchev–Trinajstić information content (AvgIpc) is 2.48. The van der Waals surface area contributed by atoms with E-state index in [-0.39, 0.29) is 35.7 Å². The Kier molecular flexibility index (Phi) is 5.32. The molecule has 118 valence electrons. The third-order valence-corrected chi connectivity index (χ3v) is 8.51. The second kappa shape index (κ2) is 6.51. The summed E-state index contributed by atoms with van der Waals surface area (Å²) in [5, 5.41) is 0.460. The molecule has 1 heterocycles. The van der Waals surface area contributed by atoms with E-state index in [1.807, 2.05) is 0 Å². The van der Waals surface area contributed by atoms with Gasteiger partial charge in [0, 0.05) is 31.2 Å². The minimum atomic E-state index is -3.61. The minimum Gasteiger partial charge on any atom is -0.211 e. The summed E-state index contributed by atoms with van der Waals surface area (Å²) in [6.07, 6.45) is 0.